The Morgan fingerprint density at radius 3 is 2.26 bits per heavy atom. The Hall–Kier alpha value is -3.68. The number of hydrogen-bond donors (Lipinski definition) is 1. The van der Waals surface area contributed by atoms with Crippen molar-refractivity contribution in [3.8, 4) is 0 Å². The first-order valence-corrected chi connectivity index (χ1v) is 12.7. The number of allylic oxidation sites excluding steroid dienone is 8. The molecule has 2 aromatic heterocycles. The zero-order valence-corrected chi connectivity index (χ0v) is 23.4. The standard InChI is InChI=1S/C23H22F3N3O.C3H8.C2H4O.C2H6/c1-4-9-17(10-5-2)29-20(28-16-11-7-6-8-12-16)14-19(30)21-18(23(24,25)26)13-15(3)27-22(21)29;1-3-2;1-2-3;1-2/h4-5,7,9-14,28H,1,6,8H2,2-3H3;3H2,1-2H3;2H,1H3;1-2H3/b10-5-,17-9+;;;. The number of nitrogens with one attached hydrogen (secondary N) is 1. The highest BCUT2D eigenvalue weighted by Crippen LogP contribution is 2.35. The Kier molecular flexibility index (Phi) is 16.0. The monoisotopic (exact) mass is 531 g/mol. The van der Waals surface area contributed by atoms with Gasteiger partial charge in [0.15, 0.2) is 11.1 Å². The number of pyridine rings is 2. The Morgan fingerprint density at radius 1 is 1.18 bits per heavy atom. The van der Waals surface area contributed by atoms with Gasteiger partial charge in [0.1, 0.15) is 12.1 Å². The van der Waals surface area contributed by atoms with E-state index in [1.54, 1.807) is 25.2 Å². The number of rotatable bonds is 5. The van der Waals surface area contributed by atoms with Gasteiger partial charge in [-0.1, -0.05) is 65.0 Å². The summed E-state index contributed by atoms with van der Waals surface area (Å²) in [4.78, 5) is 26.0. The molecule has 0 aromatic carbocycles. The number of fused-ring (bicyclic) bond motifs is 1. The zero-order chi connectivity index (χ0) is 29.3. The number of aryl methyl sites for hydroxylation is 1. The van der Waals surface area contributed by atoms with Gasteiger partial charge < -0.3 is 10.1 Å². The van der Waals surface area contributed by atoms with Crippen LogP contribution < -0.4 is 10.7 Å². The highest BCUT2D eigenvalue weighted by Gasteiger charge is 2.35. The molecule has 0 atom stereocenters. The van der Waals surface area contributed by atoms with Gasteiger partial charge in [-0.15, -0.1) is 0 Å². The quantitative estimate of drug-likeness (QED) is 0.310. The minimum Gasteiger partial charge on any atom is -0.341 e. The van der Waals surface area contributed by atoms with Crippen LogP contribution in [0.5, 0.6) is 0 Å². The van der Waals surface area contributed by atoms with Crippen LogP contribution in [0.15, 0.2) is 71.7 Å². The molecule has 0 unspecified atom stereocenters. The average molecular weight is 532 g/mol. The smallest absolute Gasteiger partial charge is 0.341 e. The molecule has 2 heterocycles. The van der Waals surface area contributed by atoms with Gasteiger partial charge in [-0.05, 0) is 57.9 Å². The van der Waals surface area contributed by atoms with E-state index < -0.39 is 22.6 Å². The molecule has 0 aliphatic heterocycles. The van der Waals surface area contributed by atoms with Crippen molar-refractivity contribution in [2.75, 3.05) is 5.32 Å². The normalized spacial score (nSPS) is 12.8. The second-order valence-electron chi connectivity index (χ2n) is 7.77. The van der Waals surface area contributed by atoms with Crippen molar-refractivity contribution in [2.24, 2.45) is 0 Å². The number of aldehydes is 1. The number of nitrogens with zero attached hydrogens (tertiary/aromatic N) is 2. The van der Waals surface area contributed by atoms with E-state index in [1.807, 2.05) is 32.1 Å². The average Bonchev–Trinajstić information content (AvgIpc) is 2.86. The van der Waals surface area contributed by atoms with Crippen molar-refractivity contribution in [2.45, 2.75) is 73.9 Å². The molecule has 1 aliphatic carbocycles. The summed E-state index contributed by atoms with van der Waals surface area (Å²) >= 11 is 0. The van der Waals surface area contributed by atoms with E-state index in [0.29, 0.717) is 11.5 Å². The minimum atomic E-state index is -4.69. The van der Waals surface area contributed by atoms with E-state index in [2.05, 4.69) is 30.7 Å². The van der Waals surface area contributed by atoms with Crippen LogP contribution in [0, 0.1) is 6.92 Å². The second kappa shape index (κ2) is 17.7. The minimum absolute atomic E-state index is 0.0658. The molecule has 208 valence electrons. The number of aromatic nitrogens is 2. The van der Waals surface area contributed by atoms with Gasteiger partial charge in [0, 0.05) is 23.2 Å². The maximum Gasteiger partial charge on any atom is 0.417 e. The van der Waals surface area contributed by atoms with Gasteiger partial charge >= 0.3 is 6.18 Å². The van der Waals surface area contributed by atoms with Crippen LogP contribution in [-0.2, 0) is 11.0 Å². The first kappa shape index (κ1) is 34.3. The fourth-order valence-corrected chi connectivity index (χ4v) is 3.36. The lowest BCUT2D eigenvalue weighted by molar-refractivity contribution is -0.136. The van der Waals surface area contributed by atoms with E-state index in [-0.39, 0.29) is 11.3 Å². The third-order valence-corrected chi connectivity index (χ3v) is 4.55. The molecule has 0 fully saturated rings. The molecule has 3 rings (SSSR count). The van der Waals surface area contributed by atoms with Crippen LogP contribution >= 0.6 is 0 Å². The highest BCUT2D eigenvalue weighted by molar-refractivity contribution is 5.87. The Labute approximate surface area is 224 Å². The fraction of sp³-hybridized carbons (Fsp3) is 0.367. The van der Waals surface area contributed by atoms with E-state index >= 15 is 0 Å². The first-order chi connectivity index (χ1) is 18.1. The molecular formula is C30H40F3N3O2. The lowest BCUT2D eigenvalue weighted by Crippen LogP contribution is -2.20. The molecule has 38 heavy (non-hydrogen) atoms. The van der Waals surface area contributed by atoms with Gasteiger partial charge in [-0.25, -0.2) is 4.98 Å². The van der Waals surface area contributed by atoms with E-state index in [0.717, 1.165) is 30.9 Å². The molecule has 1 aliphatic rings. The van der Waals surface area contributed by atoms with Gasteiger partial charge in [0.25, 0.3) is 0 Å². The molecule has 0 saturated heterocycles. The van der Waals surface area contributed by atoms with Crippen molar-refractivity contribution < 1.29 is 18.0 Å². The van der Waals surface area contributed by atoms with Gasteiger partial charge in [0.2, 0.25) is 0 Å². The maximum absolute atomic E-state index is 13.7. The molecule has 0 spiro atoms. The third-order valence-electron chi connectivity index (χ3n) is 4.55. The maximum atomic E-state index is 13.7. The van der Waals surface area contributed by atoms with Crippen molar-refractivity contribution in [3.63, 3.8) is 0 Å². The van der Waals surface area contributed by atoms with Crippen LogP contribution in [0.2, 0.25) is 0 Å². The lowest BCUT2D eigenvalue weighted by Gasteiger charge is -2.21. The van der Waals surface area contributed by atoms with E-state index in [4.69, 9.17) is 4.79 Å². The number of halogens is 3. The number of carbonyl (C=O) groups excluding carboxylic acids is 1. The summed E-state index contributed by atoms with van der Waals surface area (Å²) in [5.41, 5.74) is -0.366. The summed E-state index contributed by atoms with van der Waals surface area (Å²) in [6.45, 7) is 16.7. The molecular weight excluding hydrogens is 491 g/mol. The molecule has 0 amide bonds. The van der Waals surface area contributed by atoms with Crippen molar-refractivity contribution in [3.05, 3.63) is 88.4 Å². The third kappa shape index (κ3) is 10.00. The number of anilines is 1. The van der Waals surface area contributed by atoms with Gasteiger partial charge in [-0.2, -0.15) is 13.2 Å². The highest BCUT2D eigenvalue weighted by atomic mass is 19.4. The fourth-order valence-electron chi connectivity index (χ4n) is 3.36. The molecule has 0 bridgehead atoms. The SMILES string of the molecule is C=C/C=C(\C=C/C)n1c(NC2=CCCC=C2)cc(=O)c2c(C(F)(F)F)cc(C)nc21.CC.CC=O.CCC. The molecule has 5 nitrogen and oxygen atoms in total. The summed E-state index contributed by atoms with van der Waals surface area (Å²) in [6.07, 6.45) is 11.5. The molecule has 0 saturated carbocycles. The molecule has 1 N–H and O–H groups in total. The van der Waals surface area contributed by atoms with Crippen LogP contribution in [0.3, 0.4) is 0 Å². The Bertz CT molecular complexity index is 1230. The second-order valence-corrected chi connectivity index (χ2v) is 7.77. The van der Waals surface area contributed by atoms with Crippen LogP contribution in [-0.4, -0.2) is 15.8 Å². The van der Waals surface area contributed by atoms with E-state index in [1.165, 1.54) is 37.0 Å². The summed E-state index contributed by atoms with van der Waals surface area (Å²) in [5, 5.41) is 2.70. The molecule has 8 heteroatoms. The van der Waals surface area contributed by atoms with Crippen LogP contribution in [0.4, 0.5) is 19.0 Å². The number of carbonyl (C=O) groups is 1. The summed E-state index contributed by atoms with van der Waals surface area (Å²) in [6, 6.07) is 2.08. The van der Waals surface area contributed by atoms with Crippen LogP contribution in [0.25, 0.3) is 16.7 Å². The van der Waals surface area contributed by atoms with Crippen molar-refractivity contribution in [1.82, 2.24) is 9.55 Å². The van der Waals surface area contributed by atoms with Crippen molar-refractivity contribution >= 4 is 28.8 Å². The predicted molar refractivity (Wildman–Crippen MR) is 154 cm³/mol. The number of hydrogen-bond acceptors (Lipinski definition) is 4. The lowest BCUT2D eigenvalue weighted by atomic mass is 10.1. The largest absolute Gasteiger partial charge is 0.417 e. The molecule has 0 radical (unpaired) electrons. The topological polar surface area (TPSA) is 64.0 Å². The number of alkyl halides is 3. The van der Waals surface area contributed by atoms with Crippen LogP contribution in [0.1, 0.15) is 72.1 Å². The summed E-state index contributed by atoms with van der Waals surface area (Å²) < 4.78 is 42.7. The summed E-state index contributed by atoms with van der Waals surface area (Å²) in [5.74, 6) is 0.322. The van der Waals surface area contributed by atoms with Crippen molar-refractivity contribution in [1.29, 1.82) is 0 Å². The summed E-state index contributed by atoms with van der Waals surface area (Å²) in [7, 11) is 0. The van der Waals surface area contributed by atoms with E-state index in [9.17, 15) is 18.0 Å². The first-order valence-electron chi connectivity index (χ1n) is 12.7. The van der Waals surface area contributed by atoms with Gasteiger partial charge in [-0.3, -0.25) is 9.36 Å². The molecule has 2 aromatic rings. The zero-order valence-electron chi connectivity index (χ0n) is 23.4. The predicted octanol–water partition coefficient (Wildman–Crippen LogP) is 8.62. The Morgan fingerprint density at radius 2 is 1.79 bits per heavy atom. The Balaban J connectivity index is 0.00000153. The van der Waals surface area contributed by atoms with Gasteiger partial charge in [0.05, 0.1) is 10.9 Å².